The maximum absolute atomic E-state index is 5.25. The van der Waals surface area contributed by atoms with Gasteiger partial charge in [-0.3, -0.25) is 4.90 Å². The minimum atomic E-state index is 0.595. The van der Waals surface area contributed by atoms with Crippen molar-refractivity contribution in [1.82, 2.24) is 15.4 Å². The predicted molar refractivity (Wildman–Crippen MR) is 63.1 cm³/mol. The molecule has 4 nitrogen and oxygen atoms in total. The summed E-state index contributed by atoms with van der Waals surface area (Å²) in [6.45, 7) is 10.6. The Balaban J connectivity index is 1.90. The molecule has 2 heterocycles. The Morgan fingerprint density at radius 2 is 2.44 bits per heavy atom. The molecule has 0 spiro atoms. The topological polar surface area (TPSA) is 41.3 Å². The number of hydrogen-bond acceptors (Lipinski definition) is 4. The third-order valence-corrected chi connectivity index (χ3v) is 3.15. The van der Waals surface area contributed by atoms with Crippen LogP contribution in [-0.2, 0) is 6.54 Å². The maximum atomic E-state index is 5.25. The quantitative estimate of drug-likeness (QED) is 0.841. The van der Waals surface area contributed by atoms with E-state index in [9.17, 15) is 0 Å². The lowest BCUT2D eigenvalue weighted by molar-refractivity contribution is 0.154. The van der Waals surface area contributed by atoms with Crippen molar-refractivity contribution in [3.8, 4) is 0 Å². The van der Waals surface area contributed by atoms with Gasteiger partial charge < -0.3 is 9.84 Å². The molecule has 1 unspecified atom stereocenters. The first-order chi connectivity index (χ1) is 7.65. The van der Waals surface area contributed by atoms with Gasteiger partial charge in [0.05, 0.1) is 12.2 Å². The Hall–Kier alpha value is -0.870. The fourth-order valence-corrected chi connectivity index (χ4v) is 2.14. The molecule has 0 amide bonds. The van der Waals surface area contributed by atoms with Gasteiger partial charge in [0, 0.05) is 31.7 Å². The number of rotatable bonds is 3. The SMILES string of the molecule is Cc1cc(CN2CCNC(C(C)C)C2)on1. The Morgan fingerprint density at radius 1 is 1.62 bits per heavy atom. The highest BCUT2D eigenvalue weighted by atomic mass is 16.5. The van der Waals surface area contributed by atoms with Crippen LogP contribution in [0.4, 0.5) is 0 Å². The molecule has 0 bridgehead atoms. The summed E-state index contributed by atoms with van der Waals surface area (Å²) >= 11 is 0. The zero-order valence-corrected chi connectivity index (χ0v) is 10.4. The summed E-state index contributed by atoms with van der Waals surface area (Å²) < 4.78 is 5.25. The lowest BCUT2D eigenvalue weighted by atomic mass is 10.0. The molecule has 0 aliphatic carbocycles. The minimum Gasteiger partial charge on any atom is -0.360 e. The Labute approximate surface area is 97.0 Å². The molecule has 1 aromatic rings. The van der Waals surface area contributed by atoms with Gasteiger partial charge in [-0.1, -0.05) is 19.0 Å². The van der Waals surface area contributed by atoms with Crippen LogP contribution in [0.5, 0.6) is 0 Å². The van der Waals surface area contributed by atoms with E-state index in [1.807, 2.05) is 13.0 Å². The van der Waals surface area contributed by atoms with E-state index in [1.165, 1.54) is 0 Å². The summed E-state index contributed by atoms with van der Waals surface area (Å²) in [6, 6.07) is 2.62. The molecular formula is C12H21N3O. The summed E-state index contributed by atoms with van der Waals surface area (Å²) in [7, 11) is 0. The van der Waals surface area contributed by atoms with Gasteiger partial charge in [0.25, 0.3) is 0 Å². The third kappa shape index (κ3) is 2.83. The summed E-state index contributed by atoms with van der Waals surface area (Å²) in [5.41, 5.74) is 0.963. The van der Waals surface area contributed by atoms with Crippen molar-refractivity contribution in [2.24, 2.45) is 5.92 Å². The van der Waals surface area contributed by atoms with E-state index in [0.717, 1.165) is 37.6 Å². The van der Waals surface area contributed by atoms with Crippen LogP contribution < -0.4 is 5.32 Å². The standard InChI is InChI=1S/C12H21N3O/c1-9(2)12-8-15(5-4-13-12)7-11-6-10(3)14-16-11/h6,9,12-13H,4-5,7-8H2,1-3H3. The number of nitrogens with one attached hydrogen (secondary N) is 1. The van der Waals surface area contributed by atoms with Crippen LogP contribution in [0.3, 0.4) is 0 Å². The van der Waals surface area contributed by atoms with E-state index < -0.39 is 0 Å². The minimum absolute atomic E-state index is 0.595. The van der Waals surface area contributed by atoms with Crippen LogP contribution >= 0.6 is 0 Å². The third-order valence-electron chi connectivity index (χ3n) is 3.15. The average molecular weight is 223 g/mol. The van der Waals surface area contributed by atoms with Crippen LogP contribution in [0.25, 0.3) is 0 Å². The number of aromatic nitrogens is 1. The van der Waals surface area contributed by atoms with Crippen molar-refractivity contribution < 1.29 is 4.52 Å². The van der Waals surface area contributed by atoms with E-state index in [2.05, 4.69) is 29.2 Å². The highest BCUT2D eigenvalue weighted by Crippen LogP contribution is 2.12. The molecule has 1 N–H and O–H groups in total. The molecule has 1 atom stereocenters. The van der Waals surface area contributed by atoms with Gasteiger partial charge in [-0.15, -0.1) is 0 Å². The first kappa shape index (κ1) is 11.6. The van der Waals surface area contributed by atoms with Gasteiger partial charge in [-0.2, -0.15) is 0 Å². The van der Waals surface area contributed by atoms with Crippen molar-refractivity contribution in [1.29, 1.82) is 0 Å². The van der Waals surface area contributed by atoms with Crippen LogP contribution in [-0.4, -0.2) is 35.7 Å². The monoisotopic (exact) mass is 223 g/mol. The van der Waals surface area contributed by atoms with Crippen LogP contribution in [0.1, 0.15) is 25.3 Å². The number of hydrogen-bond donors (Lipinski definition) is 1. The molecule has 1 aromatic heterocycles. The molecule has 0 radical (unpaired) electrons. The molecule has 90 valence electrons. The van der Waals surface area contributed by atoms with Crippen LogP contribution in [0.2, 0.25) is 0 Å². The van der Waals surface area contributed by atoms with E-state index in [4.69, 9.17) is 4.52 Å². The molecule has 1 aliphatic heterocycles. The van der Waals surface area contributed by atoms with Crippen molar-refractivity contribution in [3.05, 3.63) is 17.5 Å². The smallest absolute Gasteiger partial charge is 0.150 e. The summed E-state index contributed by atoms with van der Waals surface area (Å²) in [5, 5.41) is 7.47. The van der Waals surface area contributed by atoms with Crippen molar-refractivity contribution in [2.45, 2.75) is 33.4 Å². The predicted octanol–water partition coefficient (Wildman–Crippen LogP) is 1.41. The molecule has 1 aliphatic rings. The van der Waals surface area contributed by atoms with E-state index in [-0.39, 0.29) is 0 Å². The van der Waals surface area contributed by atoms with Gasteiger partial charge in [-0.25, -0.2) is 0 Å². The molecule has 1 saturated heterocycles. The van der Waals surface area contributed by atoms with Gasteiger partial charge in [0.1, 0.15) is 0 Å². The Morgan fingerprint density at radius 3 is 3.06 bits per heavy atom. The highest BCUT2D eigenvalue weighted by Gasteiger charge is 2.22. The molecule has 1 fully saturated rings. The van der Waals surface area contributed by atoms with Crippen molar-refractivity contribution in [2.75, 3.05) is 19.6 Å². The maximum Gasteiger partial charge on any atom is 0.150 e. The molecular weight excluding hydrogens is 202 g/mol. The van der Waals surface area contributed by atoms with Gasteiger partial charge in [0.2, 0.25) is 0 Å². The summed E-state index contributed by atoms with van der Waals surface area (Å²) in [4.78, 5) is 2.43. The first-order valence-corrected chi connectivity index (χ1v) is 6.03. The fraction of sp³-hybridized carbons (Fsp3) is 0.750. The van der Waals surface area contributed by atoms with Crippen LogP contribution in [0.15, 0.2) is 10.6 Å². The Bertz CT molecular complexity index is 335. The highest BCUT2D eigenvalue weighted by molar-refractivity contribution is 5.03. The molecule has 2 rings (SSSR count). The van der Waals surface area contributed by atoms with E-state index in [0.29, 0.717) is 12.0 Å². The van der Waals surface area contributed by atoms with Gasteiger partial charge in [-0.05, 0) is 12.8 Å². The molecule has 16 heavy (non-hydrogen) atoms. The number of nitrogens with zero attached hydrogens (tertiary/aromatic N) is 2. The Kier molecular flexibility index (Phi) is 3.61. The number of piperazine rings is 1. The summed E-state index contributed by atoms with van der Waals surface area (Å²) in [5.74, 6) is 1.65. The van der Waals surface area contributed by atoms with E-state index in [1.54, 1.807) is 0 Å². The zero-order valence-electron chi connectivity index (χ0n) is 10.4. The lowest BCUT2D eigenvalue weighted by Gasteiger charge is -2.35. The zero-order chi connectivity index (χ0) is 11.5. The lowest BCUT2D eigenvalue weighted by Crippen LogP contribution is -2.52. The second-order valence-electron chi connectivity index (χ2n) is 4.97. The van der Waals surface area contributed by atoms with Gasteiger partial charge >= 0.3 is 0 Å². The van der Waals surface area contributed by atoms with Crippen molar-refractivity contribution >= 4 is 0 Å². The molecule has 4 heteroatoms. The summed E-state index contributed by atoms with van der Waals surface area (Å²) in [6.07, 6.45) is 0. The fourth-order valence-electron chi connectivity index (χ4n) is 2.14. The second kappa shape index (κ2) is 4.97. The molecule has 0 aromatic carbocycles. The van der Waals surface area contributed by atoms with Gasteiger partial charge in [0.15, 0.2) is 5.76 Å². The molecule has 0 saturated carbocycles. The van der Waals surface area contributed by atoms with Crippen molar-refractivity contribution in [3.63, 3.8) is 0 Å². The normalized spacial score (nSPS) is 22.9. The van der Waals surface area contributed by atoms with E-state index >= 15 is 0 Å². The largest absolute Gasteiger partial charge is 0.360 e. The first-order valence-electron chi connectivity index (χ1n) is 6.03. The number of aryl methyl sites for hydroxylation is 1. The average Bonchev–Trinajstić information content (AvgIpc) is 2.64. The second-order valence-corrected chi connectivity index (χ2v) is 4.97. The van der Waals surface area contributed by atoms with Crippen LogP contribution in [0, 0.1) is 12.8 Å².